The number of allylic oxidation sites excluding steroid dienone is 5. The predicted molar refractivity (Wildman–Crippen MR) is 86.9 cm³/mol. The third-order valence-electron chi connectivity index (χ3n) is 2.36. The average Bonchev–Trinajstić information content (AvgIpc) is 3.09. The van der Waals surface area contributed by atoms with Crippen molar-refractivity contribution in [3.8, 4) is 11.5 Å². The van der Waals surface area contributed by atoms with Gasteiger partial charge in [-0.2, -0.15) is 4.37 Å². The Hall–Kier alpha value is -2.14. The summed E-state index contributed by atoms with van der Waals surface area (Å²) in [6.07, 6.45) is 9.51. The van der Waals surface area contributed by atoms with Gasteiger partial charge >= 0.3 is 4.87 Å². The maximum absolute atomic E-state index is 11.1. The largest absolute Gasteiger partial charge is 0.358 e. The zero-order valence-corrected chi connectivity index (χ0v) is 12.8. The molecule has 2 aromatic heterocycles. The first-order chi connectivity index (χ1) is 9.74. The van der Waals surface area contributed by atoms with Crippen LogP contribution in [0.2, 0.25) is 0 Å². The van der Waals surface area contributed by atoms with Gasteiger partial charge in [0.25, 0.3) is 0 Å². The molecule has 0 amide bonds. The van der Waals surface area contributed by atoms with Gasteiger partial charge in [-0.1, -0.05) is 44.7 Å². The summed E-state index contributed by atoms with van der Waals surface area (Å²) < 4.78 is 4.04. The zero-order valence-electron chi connectivity index (χ0n) is 11.9. The summed E-state index contributed by atoms with van der Waals surface area (Å²) in [4.78, 5) is 16.7. The lowest BCUT2D eigenvalue weighted by Gasteiger charge is -1.95. The normalized spacial score (nSPS) is 11.2. The van der Waals surface area contributed by atoms with E-state index >= 15 is 0 Å². The van der Waals surface area contributed by atoms with E-state index < -0.39 is 0 Å². The summed E-state index contributed by atoms with van der Waals surface area (Å²) in [7, 11) is 0. The fraction of sp³-hybridized carbons (Fsp3) is 0.200. The first kappa shape index (κ1) is 15.9. The second kappa shape index (κ2) is 8.12. The summed E-state index contributed by atoms with van der Waals surface area (Å²) in [6.45, 7) is 9.66. The van der Waals surface area contributed by atoms with E-state index in [4.69, 9.17) is 0 Å². The van der Waals surface area contributed by atoms with E-state index in [0.29, 0.717) is 5.82 Å². The fourth-order valence-corrected chi connectivity index (χ4v) is 2.06. The van der Waals surface area contributed by atoms with Crippen molar-refractivity contribution in [2.45, 2.75) is 20.8 Å². The third-order valence-corrected chi connectivity index (χ3v) is 2.90. The van der Waals surface area contributed by atoms with Crippen molar-refractivity contribution < 1.29 is 0 Å². The molecular formula is C15H19N3OS. The van der Waals surface area contributed by atoms with Crippen LogP contribution in [0.5, 0.6) is 0 Å². The standard InChI is InChI=1S/C13H13N3OS.C2H6/c1-3-5-9(6-4-2)10-7-11(14-8-10)12-15-13(17)18-16-12;1-2/h3-8,14H,1H2,2H3,(H,15,16,17);1-2H3/b6-4-,9-5+;. The number of hydrogen-bond donors (Lipinski definition) is 2. The van der Waals surface area contributed by atoms with Crippen LogP contribution in [0, 0.1) is 0 Å². The molecule has 2 aromatic rings. The van der Waals surface area contributed by atoms with Gasteiger partial charge in [0.15, 0.2) is 5.82 Å². The highest BCUT2D eigenvalue weighted by molar-refractivity contribution is 7.03. The summed E-state index contributed by atoms with van der Waals surface area (Å²) in [5.41, 5.74) is 2.87. The molecule has 2 N–H and O–H groups in total. The predicted octanol–water partition coefficient (Wildman–Crippen LogP) is 4.00. The van der Waals surface area contributed by atoms with Gasteiger partial charge in [-0.25, -0.2) is 0 Å². The molecule has 4 nitrogen and oxygen atoms in total. The van der Waals surface area contributed by atoms with Crippen LogP contribution in [0.25, 0.3) is 17.1 Å². The number of nitrogens with zero attached hydrogens (tertiary/aromatic N) is 1. The van der Waals surface area contributed by atoms with Crippen LogP contribution in [-0.2, 0) is 0 Å². The maximum Gasteiger partial charge on any atom is 0.323 e. The minimum absolute atomic E-state index is 0.156. The topological polar surface area (TPSA) is 61.5 Å². The molecule has 20 heavy (non-hydrogen) atoms. The Morgan fingerprint density at radius 1 is 1.45 bits per heavy atom. The molecule has 0 atom stereocenters. The molecule has 106 valence electrons. The Kier molecular flexibility index (Phi) is 6.46. The van der Waals surface area contributed by atoms with Gasteiger partial charge in [0, 0.05) is 17.7 Å². The van der Waals surface area contributed by atoms with Crippen molar-refractivity contribution in [2.24, 2.45) is 0 Å². The Bertz CT molecular complexity index is 658. The molecule has 5 heteroatoms. The third kappa shape index (κ3) is 3.93. The molecule has 0 saturated heterocycles. The first-order valence-corrected chi connectivity index (χ1v) is 7.22. The van der Waals surface area contributed by atoms with E-state index in [0.717, 1.165) is 28.4 Å². The molecule has 2 heterocycles. The van der Waals surface area contributed by atoms with Gasteiger partial charge in [-0.15, -0.1) is 0 Å². The lowest BCUT2D eigenvalue weighted by molar-refractivity contribution is 1.24. The van der Waals surface area contributed by atoms with Gasteiger partial charge in [-0.05, 0) is 24.1 Å². The van der Waals surface area contributed by atoms with Crippen LogP contribution >= 0.6 is 11.5 Å². The van der Waals surface area contributed by atoms with Crippen LogP contribution in [0.3, 0.4) is 0 Å². The van der Waals surface area contributed by atoms with Crippen molar-refractivity contribution in [3.05, 3.63) is 58.4 Å². The maximum atomic E-state index is 11.1. The zero-order chi connectivity index (χ0) is 15.0. The highest BCUT2D eigenvalue weighted by Crippen LogP contribution is 2.21. The minimum atomic E-state index is -0.156. The fourth-order valence-electron chi connectivity index (χ4n) is 1.60. The van der Waals surface area contributed by atoms with Crippen molar-refractivity contribution >= 4 is 17.1 Å². The molecule has 0 fully saturated rings. The van der Waals surface area contributed by atoms with Gasteiger partial charge in [0.2, 0.25) is 0 Å². The Labute approximate surface area is 122 Å². The number of rotatable bonds is 4. The van der Waals surface area contributed by atoms with Gasteiger partial charge in [-0.3, -0.25) is 9.78 Å². The van der Waals surface area contributed by atoms with Crippen LogP contribution in [-0.4, -0.2) is 14.3 Å². The molecular weight excluding hydrogens is 270 g/mol. The first-order valence-electron chi connectivity index (χ1n) is 6.45. The highest BCUT2D eigenvalue weighted by Gasteiger charge is 2.07. The summed E-state index contributed by atoms with van der Waals surface area (Å²) in [6, 6.07) is 1.94. The van der Waals surface area contributed by atoms with Crippen molar-refractivity contribution in [2.75, 3.05) is 0 Å². The number of aromatic nitrogens is 3. The van der Waals surface area contributed by atoms with E-state index in [-0.39, 0.29) is 4.87 Å². The van der Waals surface area contributed by atoms with Crippen LogP contribution in [0.15, 0.2) is 47.9 Å². The van der Waals surface area contributed by atoms with E-state index in [1.54, 1.807) is 6.08 Å². The number of H-pyrrole nitrogens is 2. The molecule has 0 aliphatic carbocycles. The van der Waals surface area contributed by atoms with Gasteiger partial charge in [0.05, 0.1) is 5.69 Å². The molecule has 0 aromatic carbocycles. The second-order valence-corrected chi connectivity index (χ2v) is 4.34. The summed E-state index contributed by atoms with van der Waals surface area (Å²) >= 11 is 0.912. The summed E-state index contributed by atoms with van der Waals surface area (Å²) in [5, 5.41) is 0. The SMILES string of the molecule is C=C/C=C(\C=C/C)c1c[nH]c(-c2nsc(=O)[nH]2)c1.CC. The van der Waals surface area contributed by atoms with E-state index in [9.17, 15) is 4.79 Å². The number of hydrogen-bond acceptors (Lipinski definition) is 3. The van der Waals surface area contributed by atoms with Crippen molar-refractivity contribution in [1.82, 2.24) is 14.3 Å². The highest BCUT2D eigenvalue weighted by atomic mass is 32.1. The smallest absolute Gasteiger partial charge is 0.323 e. The molecule has 0 radical (unpaired) electrons. The van der Waals surface area contributed by atoms with Gasteiger partial charge < -0.3 is 4.98 Å². The van der Waals surface area contributed by atoms with Crippen molar-refractivity contribution in [1.29, 1.82) is 0 Å². The monoisotopic (exact) mass is 289 g/mol. The molecule has 0 aliphatic rings. The molecule has 0 saturated carbocycles. The quantitative estimate of drug-likeness (QED) is 0.836. The van der Waals surface area contributed by atoms with Crippen molar-refractivity contribution in [3.63, 3.8) is 0 Å². The number of aromatic amines is 2. The molecule has 0 spiro atoms. The Balaban J connectivity index is 0.000000956. The summed E-state index contributed by atoms with van der Waals surface area (Å²) in [5.74, 6) is 0.565. The molecule has 0 bridgehead atoms. The second-order valence-electron chi connectivity index (χ2n) is 3.60. The molecule has 0 aliphatic heterocycles. The number of nitrogens with one attached hydrogen (secondary N) is 2. The molecule has 2 rings (SSSR count). The lowest BCUT2D eigenvalue weighted by atomic mass is 10.1. The molecule has 0 unspecified atom stereocenters. The van der Waals surface area contributed by atoms with E-state index in [1.165, 1.54) is 0 Å². The van der Waals surface area contributed by atoms with E-state index in [1.807, 2.05) is 51.3 Å². The Morgan fingerprint density at radius 2 is 2.20 bits per heavy atom. The average molecular weight is 289 g/mol. The minimum Gasteiger partial charge on any atom is -0.358 e. The van der Waals surface area contributed by atoms with Crippen LogP contribution in [0.1, 0.15) is 26.3 Å². The lowest BCUT2D eigenvalue weighted by Crippen LogP contribution is -1.92. The van der Waals surface area contributed by atoms with Gasteiger partial charge in [0.1, 0.15) is 0 Å². The van der Waals surface area contributed by atoms with Crippen LogP contribution in [0.4, 0.5) is 0 Å². The van der Waals surface area contributed by atoms with E-state index in [2.05, 4.69) is 20.9 Å². The Morgan fingerprint density at radius 3 is 2.75 bits per heavy atom. The van der Waals surface area contributed by atoms with Crippen LogP contribution < -0.4 is 4.87 Å².